The van der Waals surface area contributed by atoms with Crippen LogP contribution in [0.2, 0.25) is 0 Å². The number of hydrogen-bond donors (Lipinski definition) is 0. The third kappa shape index (κ3) is 2.06. The van der Waals surface area contributed by atoms with E-state index >= 15 is 0 Å². The summed E-state index contributed by atoms with van der Waals surface area (Å²) in [7, 11) is 0. The molecule has 1 rings (SSSR count). The van der Waals surface area contributed by atoms with Crippen molar-refractivity contribution in [1.29, 1.82) is 5.26 Å². The Kier molecular flexibility index (Phi) is 3.51. The highest BCUT2D eigenvalue weighted by atomic mass is 16.2. The fraction of sp³-hybridized carbons (Fsp3) is 0.818. The van der Waals surface area contributed by atoms with Crippen molar-refractivity contribution in [2.24, 2.45) is 11.8 Å². The molecule has 78 valence electrons. The van der Waals surface area contributed by atoms with Gasteiger partial charge in [0.2, 0.25) is 5.91 Å². The molecule has 14 heavy (non-hydrogen) atoms. The lowest BCUT2D eigenvalue weighted by atomic mass is 9.96. The van der Waals surface area contributed by atoms with Gasteiger partial charge in [0.25, 0.3) is 0 Å². The first-order chi connectivity index (χ1) is 6.57. The van der Waals surface area contributed by atoms with Crippen LogP contribution in [-0.4, -0.2) is 23.4 Å². The van der Waals surface area contributed by atoms with Crippen molar-refractivity contribution in [3.8, 4) is 6.07 Å². The van der Waals surface area contributed by atoms with E-state index < -0.39 is 5.92 Å². The predicted octanol–water partition coefficient (Wildman–Crippen LogP) is 1.79. The Labute approximate surface area is 85.7 Å². The van der Waals surface area contributed by atoms with E-state index in [2.05, 4.69) is 13.0 Å². The third-order valence-electron chi connectivity index (χ3n) is 2.91. The Morgan fingerprint density at radius 3 is 2.57 bits per heavy atom. The van der Waals surface area contributed by atoms with Crippen LogP contribution in [0.5, 0.6) is 0 Å². The number of nitrogens with zero attached hydrogens (tertiary/aromatic N) is 2. The van der Waals surface area contributed by atoms with Crippen molar-refractivity contribution in [3.63, 3.8) is 0 Å². The van der Waals surface area contributed by atoms with Gasteiger partial charge in [-0.1, -0.05) is 13.8 Å². The average molecular weight is 194 g/mol. The van der Waals surface area contributed by atoms with Crippen LogP contribution in [0.15, 0.2) is 0 Å². The summed E-state index contributed by atoms with van der Waals surface area (Å²) < 4.78 is 0. The van der Waals surface area contributed by atoms with E-state index in [1.807, 2.05) is 18.7 Å². The van der Waals surface area contributed by atoms with Gasteiger partial charge < -0.3 is 4.90 Å². The summed E-state index contributed by atoms with van der Waals surface area (Å²) in [4.78, 5) is 13.8. The second kappa shape index (κ2) is 4.45. The molecule has 0 aromatic heterocycles. The predicted molar refractivity (Wildman–Crippen MR) is 54.4 cm³/mol. The number of carbonyl (C=O) groups is 1. The molecule has 2 atom stereocenters. The van der Waals surface area contributed by atoms with Crippen molar-refractivity contribution in [3.05, 3.63) is 0 Å². The fourth-order valence-corrected chi connectivity index (χ4v) is 1.93. The highest BCUT2D eigenvalue weighted by Crippen LogP contribution is 2.21. The Hall–Kier alpha value is -1.04. The summed E-state index contributed by atoms with van der Waals surface area (Å²) in [6.45, 7) is 6.73. The first-order valence-electron chi connectivity index (χ1n) is 5.28. The minimum atomic E-state index is -0.462. The monoisotopic (exact) mass is 194 g/mol. The molecule has 2 unspecified atom stereocenters. The van der Waals surface area contributed by atoms with Crippen molar-refractivity contribution < 1.29 is 4.79 Å². The Morgan fingerprint density at radius 2 is 2.21 bits per heavy atom. The maximum absolute atomic E-state index is 11.9. The summed E-state index contributed by atoms with van der Waals surface area (Å²) in [6.07, 6.45) is 2.14. The van der Waals surface area contributed by atoms with E-state index in [1.54, 1.807) is 0 Å². The number of nitriles is 1. The third-order valence-corrected chi connectivity index (χ3v) is 2.91. The largest absolute Gasteiger partial charge is 0.339 e. The van der Waals surface area contributed by atoms with Crippen molar-refractivity contribution in [2.75, 3.05) is 6.54 Å². The lowest BCUT2D eigenvalue weighted by Gasteiger charge is -2.25. The van der Waals surface area contributed by atoms with E-state index in [1.165, 1.54) is 0 Å². The molecular weight excluding hydrogens is 176 g/mol. The van der Waals surface area contributed by atoms with Crippen molar-refractivity contribution in [2.45, 2.75) is 39.7 Å². The van der Waals surface area contributed by atoms with Crippen LogP contribution in [0.1, 0.15) is 33.6 Å². The van der Waals surface area contributed by atoms with Crippen LogP contribution >= 0.6 is 0 Å². The minimum Gasteiger partial charge on any atom is -0.339 e. The van der Waals surface area contributed by atoms with E-state index in [0.29, 0.717) is 6.04 Å². The van der Waals surface area contributed by atoms with Gasteiger partial charge in [0.15, 0.2) is 0 Å². The molecule has 0 spiro atoms. The summed E-state index contributed by atoms with van der Waals surface area (Å²) in [6, 6.07) is 2.42. The summed E-state index contributed by atoms with van der Waals surface area (Å²) in [5.74, 6) is -0.330. The zero-order chi connectivity index (χ0) is 10.7. The van der Waals surface area contributed by atoms with Crippen molar-refractivity contribution in [1.82, 2.24) is 4.90 Å². The van der Waals surface area contributed by atoms with Gasteiger partial charge in [0.05, 0.1) is 6.07 Å². The molecule has 1 saturated heterocycles. The molecule has 1 aliphatic heterocycles. The number of hydrogen-bond acceptors (Lipinski definition) is 2. The molecule has 3 nitrogen and oxygen atoms in total. The first-order valence-corrected chi connectivity index (χ1v) is 5.28. The van der Waals surface area contributed by atoms with E-state index in [9.17, 15) is 4.79 Å². The zero-order valence-corrected chi connectivity index (χ0v) is 9.16. The summed E-state index contributed by atoms with van der Waals surface area (Å²) in [5, 5.41) is 8.92. The second-order valence-electron chi connectivity index (χ2n) is 4.37. The van der Waals surface area contributed by atoms with Crippen LogP contribution in [-0.2, 0) is 4.79 Å². The molecule has 0 radical (unpaired) electrons. The maximum Gasteiger partial charge on any atom is 0.240 e. The summed E-state index contributed by atoms with van der Waals surface area (Å²) in [5.41, 5.74) is 0. The number of rotatable bonds is 2. The number of amides is 1. The number of carbonyl (C=O) groups excluding carboxylic acids is 1. The van der Waals surface area contributed by atoms with Crippen LogP contribution in [0.25, 0.3) is 0 Å². The molecule has 1 heterocycles. The SMILES string of the molecule is CC(C)C(C#N)C(=O)N1CCCC1C. The van der Waals surface area contributed by atoms with Gasteiger partial charge in [-0.25, -0.2) is 0 Å². The molecule has 1 fully saturated rings. The summed E-state index contributed by atoms with van der Waals surface area (Å²) >= 11 is 0. The molecule has 0 aromatic rings. The molecule has 1 aliphatic rings. The Morgan fingerprint density at radius 1 is 1.57 bits per heavy atom. The Bertz CT molecular complexity index is 255. The normalized spacial score (nSPS) is 23.6. The van der Waals surface area contributed by atoms with Gasteiger partial charge in [-0.2, -0.15) is 5.26 Å². The molecule has 0 N–H and O–H groups in total. The highest BCUT2D eigenvalue weighted by Gasteiger charge is 2.32. The molecule has 0 saturated carbocycles. The molecule has 0 aromatic carbocycles. The van der Waals surface area contributed by atoms with Gasteiger partial charge in [-0.05, 0) is 25.7 Å². The standard InChI is InChI=1S/C11H18N2O/c1-8(2)10(7-12)11(14)13-6-4-5-9(13)3/h8-10H,4-6H2,1-3H3. The van der Waals surface area contributed by atoms with E-state index in [4.69, 9.17) is 5.26 Å². The number of likely N-dealkylation sites (tertiary alicyclic amines) is 1. The van der Waals surface area contributed by atoms with Gasteiger partial charge in [0, 0.05) is 12.6 Å². The lowest BCUT2D eigenvalue weighted by Crippen LogP contribution is -2.39. The molecule has 1 amide bonds. The zero-order valence-electron chi connectivity index (χ0n) is 9.16. The average Bonchev–Trinajstić information content (AvgIpc) is 2.51. The topological polar surface area (TPSA) is 44.1 Å². The molecule has 0 aliphatic carbocycles. The first kappa shape index (κ1) is 11.0. The van der Waals surface area contributed by atoms with E-state index in [-0.39, 0.29) is 11.8 Å². The smallest absolute Gasteiger partial charge is 0.240 e. The molecular formula is C11H18N2O. The van der Waals surface area contributed by atoms with Crippen LogP contribution < -0.4 is 0 Å². The van der Waals surface area contributed by atoms with Gasteiger partial charge in [0.1, 0.15) is 5.92 Å². The van der Waals surface area contributed by atoms with Crippen molar-refractivity contribution >= 4 is 5.91 Å². The van der Waals surface area contributed by atoms with E-state index in [0.717, 1.165) is 19.4 Å². The van der Waals surface area contributed by atoms with Gasteiger partial charge in [-0.3, -0.25) is 4.79 Å². The lowest BCUT2D eigenvalue weighted by molar-refractivity contribution is -0.135. The molecule has 3 heteroatoms. The van der Waals surface area contributed by atoms with Crippen LogP contribution in [0, 0.1) is 23.2 Å². The highest BCUT2D eigenvalue weighted by molar-refractivity contribution is 5.82. The maximum atomic E-state index is 11.9. The Balaban J connectivity index is 2.68. The molecule has 0 bridgehead atoms. The van der Waals surface area contributed by atoms with Gasteiger partial charge >= 0.3 is 0 Å². The van der Waals surface area contributed by atoms with Gasteiger partial charge in [-0.15, -0.1) is 0 Å². The fourth-order valence-electron chi connectivity index (χ4n) is 1.93. The minimum absolute atomic E-state index is 0.0208. The van der Waals surface area contributed by atoms with Crippen LogP contribution in [0.3, 0.4) is 0 Å². The quantitative estimate of drug-likeness (QED) is 0.672. The van der Waals surface area contributed by atoms with Crippen LogP contribution in [0.4, 0.5) is 0 Å². The second-order valence-corrected chi connectivity index (χ2v) is 4.37.